The van der Waals surface area contributed by atoms with E-state index >= 15 is 0 Å². The summed E-state index contributed by atoms with van der Waals surface area (Å²) in [7, 11) is 0. The SMILES string of the molecule is CC1(NC(=O)Cc2ccccc2)CCN(c2ccc(-c3cc(-c4ccc(N5CCN(C(=O)OC(C)(C)C)CC5)cc4)cn4ncc(C#N)c34)cn2)CC1. The highest BCUT2D eigenvalue weighted by Gasteiger charge is 2.32. The van der Waals surface area contributed by atoms with Crippen LogP contribution in [0.15, 0.2) is 91.4 Å². The highest BCUT2D eigenvalue weighted by molar-refractivity contribution is 5.88. The zero-order chi connectivity index (χ0) is 37.2. The van der Waals surface area contributed by atoms with Crippen molar-refractivity contribution in [3.63, 3.8) is 0 Å². The number of nitrogens with one attached hydrogen (secondary N) is 1. The standard InChI is InChI=1S/C42H46N8O3/c1-41(2,3)53-40(52)49-22-20-47(21-23-49)35-13-10-31(11-14-35)33-25-36(39-34(26-43)28-45-50(39)29-33)32-12-15-37(44-27-32)48-18-16-42(4,17-19-48)46-38(51)24-30-8-6-5-7-9-30/h5-15,25,27-29H,16-24H2,1-4H3,(H,46,51). The van der Waals surface area contributed by atoms with Crippen LogP contribution in [0.5, 0.6) is 0 Å². The molecule has 5 aromatic rings. The molecule has 0 radical (unpaired) electrons. The molecule has 5 heterocycles. The summed E-state index contributed by atoms with van der Waals surface area (Å²) in [4.78, 5) is 36.5. The Bertz CT molecular complexity index is 2120. The quantitative estimate of drug-likeness (QED) is 0.198. The van der Waals surface area contributed by atoms with Crippen molar-refractivity contribution < 1.29 is 14.3 Å². The third-order valence-electron chi connectivity index (χ3n) is 10.1. The molecule has 2 aliphatic rings. The van der Waals surface area contributed by atoms with Crippen LogP contribution in [-0.2, 0) is 16.0 Å². The van der Waals surface area contributed by atoms with Crippen LogP contribution in [0, 0.1) is 11.3 Å². The Morgan fingerprint density at radius 1 is 0.868 bits per heavy atom. The Kier molecular flexibility index (Phi) is 9.80. The fourth-order valence-electron chi connectivity index (χ4n) is 7.17. The fourth-order valence-corrected chi connectivity index (χ4v) is 7.17. The van der Waals surface area contributed by atoms with Crippen LogP contribution in [-0.4, -0.2) is 81.9 Å². The number of piperazine rings is 1. The molecule has 2 aliphatic heterocycles. The van der Waals surface area contributed by atoms with E-state index in [0.717, 1.165) is 83.9 Å². The zero-order valence-electron chi connectivity index (χ0n) is 30.9. The molecule has 2 aromatic carbocycles. The molecule has 7 rings (SSSR count). The van der Waals surface area contributed by atoms with Gasteiger partial charge in [-0.25, -0.2) is 14.3 Å². The summed E-state index contributed by atoms with van der Waals surface area (Å²) in [6.45, 7) is 12.0. The number of ether oxygens (including phenoxy) is 1. The van der Waals surface area contributed by atoms with E-state index in [1.165, 1.54) is 0 Å². The van der Waals surface area contributed by atoms with Gasteiger partial charge in [-0.1, -0.05) is 42.5 Å². The Hall–Kier alpha value is -5.89. The van der Waals surface area contributed by atoms with E-state index in [2.05, 4.69) is 69.6 Å². The number of carbonyl (C=O) groups is 2. The lowest BCUT2D eigenvalue weighted by Crippen LogP contribution is -2.53. The van der Waals surface area contributed by atoms with Crippen LogP contribution in [0.1, 0.15) is 51.7 Å². The van der Waals surface area contributed by atoms with Gasteiger partial charge in [-0.15, -0.1) is 0 Å². The lowest BCUT2D eigenvalue weighted by Gasteiger charge is -2.40. The van der Waals surface area contributed by atoms with Crippen molar-refractivity contribution in [3.8, 4) is 28.3 Å². The molecule has 0 unspecified atom stereocenters. The molecule has 0 atom stereocenters. The van der Waals surface area contributed by atoms with Gasteiger partial charge in [-0.05, 0) is 82.0 Å². The predicted octanol–water partition coefficient (Wildman–Crippen LogP) is 6.71. The predicted molar refractivity (Wildman–Crippen MR) is 207 cm³/mol. The van der Waals surface area contributed by atoms with Gasteiger partial charge in [0.1, 0.15) is 17.5 Å². The number of hydrogen-bond acceptors (Lipinski definition) is 8. The minimum Gasteiger partial charge on any atom is -0.444 e. The first-order chi connectivity index (χ1) is 25.5. The molecule has 0 spiro atoms. The minimum absolute atomic E-state index is 0.0472. The lowest BCUT2D eigenvalue weighted by atomic mass is 9.89. The average Bonchev–Trinajstić information content (AvgIpc) is 3.58. The van der Waals surface area contributed by atoms with E-state index in [4.69, 9.17) is 9.72 Å². The second-order valence-electron chi connectivity index (χ2n) is 15.3. The van der Waals surface area contributed by atoms with Crippen LogP contribution in [0.2, 0.25) is 0 Å². The molecule has 272 valence electrons. The summed E-state index contributed by atoms with van der Waals surface area (Å²) in [5, 5.41) is 17.7. The molecule has 3 aromatic heterocycles. The monoisotopic (exact) mass is 710 g/mol. The number of benzene rings is 2. The Morgan fingerprint density at radius 2 is 1.57 bits per heavy atom. The van der Waals surface area contributed by atoms with Gasteiger partial charge in [0.05, 0.1) is 23.7 Å². The number of rotatable bonds is 7. The number of amides is 2. The van der Waals surface area contributed by atoms with Crippen LogP contribution < -0.4 is 15.1 Å². The van der Waals surface area contributed by atoms with Crippen molar-refractivity contribution >= 4 is 29.0 Å². The number of piperidine rings is 1. The Morgan fingerprint density at radius 3 is 2.21 bits per heavy atom. The van der Waals surface area contributed by atoms with Crippen molar-refractivity contribution in [1.82, 2.24) is 24.8 Å². The molecule has 2 fully saturated rings. The van der Waals surface area contributed by atoms with E-state index in [1.807, 2.05) is 69.6 Å². The smallest absolute Gasteiger partial charge is 0.410 e. The lowest BCUT2D eigenvalue weighted by molar-refractivity contribution is -0.122. The second kappa shape index (κ2) is 14.6. The number of carbonyl (C=O) groups excluding carboxylic acids is 2. The fraction of sp³-hybridized carbons (Fsp3) is 0.357. The van der Waals surface area contributed by atoms with E-state index in [0.29, 0.717) is 25.1 Å². The van der Waals surface area contributed by atoms with E-state index in [9.17, 15) is 14.9 Å². The van der Waals surface area contributed by atoms with Crippen LogP contribution in [0.25, 0.3) is 27.8 Å². The number of aromatic nitrogens is 3. The van der Waals surface area contributed by atoms with Gasteiger partial charge in [0.2, 0.25) is 5.91 Å². The molecule has 2 amide bonds. The van der Waals surface area contributed by atoms with Crippen molar-refractivity contribution in [3.05, 3.63) is 103 Å². The van der Waals surface area contributed by atoms with Gasteiger partial charge < -0.3 is 24.8 Å². The summed E-state index contributed by atoms with van der Waals surface area (Å²) < 4.78 is 7.33. The maximum absolute atomic E-state index is 12.8. The third kappa shape index (κ3) is 8.12. The third-order valence-corrected chi connectivity index (χ3v) is 10.1. The van der Waals surface area contributed by atoms with Gasteiger partial charge in [0, 0.05) is 79.6 Å². The summed E-state index contributed by atoms with van der Waals surface area (Å²) >= 11 is 0. The molecule has 53 heavy (non-hydrogen) atoms. The first kappa shape index (κ1) is 35.5. The average molecular weight is 711 g/mol. The molecule has 0 aliphatic carbocycles. The number of nitrogens with zero attached hydrogens (tertiary/aromatic N) is 7. The van der Waals surface area contributed by atoms with Gasteiger partial charge in [0.15, 0.2) is 0 Å². The van der Waals surface area contributed by atoms with E-state index in [1.54, 1.807) is 15.6 Å². The summed E-state index contributed by atoms with van der Waals surface area (Å²) in [5.41, 5.74) is 6.34. The topological polar surface area (TPSA) is 119 Å². The molecule has 1 N–H and O–H groups in total. The van der Waals surface area contributed by atoms with Gasteiger partial charge >= 0.3 is 6.09 Å². The highest BCUT2D eigenvalue weighted by atomic mass is 16.6. The van der Waals surface area contributed by atoms with Crippen molar-refractivity contribution in [2.24, 2.45) is 0 Å². The van der Waals surface area contributed by atoms with Crippen molar-refractivity contribution in [2.45, 2.75) is 58.1 Å². The summed E-state index contributed by atoms with van der Waals surface area (Å²) in [6.07, 6.45) is 7.19. The Labute approximate surface area is 310 Å². The first-order valence-corrected chi connectivity index (χ1v) is 18.3. The molecule has 11 heteroatoms. The van der Waals surface area contributed by atoms with Crippen molar-refractivity contribution in [2.75, 3.05) is 49.1 Å². The summed E-state index contributed by atoms with van der Waals surface area (Å²) in [6, 6.07) is 26.8. The van der Waals surface area contributed by atoms with E-state index < -0.39 is 5.60 Å². The molecular formula is C42H46N8O3. The largest absolute Gasteiger partial charge is 0.444 e. The maximum atomic E-state index is 12.8. The minimum atomic E-state index is -0.513. The number of anilines is 2. The number of fused-ring (bicyclic) bond motifs is 1. The van der Waals surface area contributed by atoms with E-state index in [-0.39, 0.29) is 17.5 Å². The van der Waals surface area contributed by atoms with Crippen LogP contribution in [0.4, 0.5) is 16.3 Å². The molecule has 0 saturated carbocycles. The van der Waals surface area contributed by atoms with Gasteiger partial charge in [-0.3, -0.25) is 4.79 Å². The van der Waals surface area contributed by atoms with Crippen LogP contribution in [0.3, 0.4) is 0 Å². The highest BCUT2D eigenvalue weighted by Crippen LogP contribution is 2.34. The van der Waals surface area contributed by atoms with Gasteiger partial charge in [-0.2, -0.15) is 10.4 Å². The number of nitriles is 1. The van der Waals surface area contributed by atoms with Crippen LogP contribution >= 0.6 is 0 Å². The van der Waals surface area contributed by atoms with Crippen molar-refractivity contribution in [1.29, 1.82) is 5.26 Å². The van der Waals surface area contributed by atoms with Gasteiger partial charge in [0.25, 0.3) is 0 Å². The second-order valence-corrected chi connectivity index (χ2v) is 15.3. The molecule has 2 saturated heterocycles. The molecule has 11 nitrogen and oxygen atoms in total. The normalized spacial score (nSPS) is 15.9. The number of hydrogen-bond donors (Lipinski definition) is 1. The molecule has 0 bridgehead atoms. The first-order valence-electron chi connectivity index (χ1n) is 18.3. The molecular weight excluding hydrogens is 665 g/mol. The summed E-state index contributed by atoms with van der Waals surface area (Å²) in [5.74, 6) is 0.932. The maximum Gasteiger partial charge on any atom is 0.410 e. The number of pyridine rings is 2. The zero-order valence-corrected chi connectivity index (χ0v) is 30.9. The Balaban J connectivity index is 1.03.